The molecule has 0 bridgehead atoms. The first-order valence-corrected chi connectivity index (χ1v) is 7.64. The molecule has 5 heteroatoms. The van der Waals surface area contributed by atoms with E-state index in [9.17, 15) is 15.2 Å². The van der Waals surface area contributed by atoms with Crippen LogP contribution in [0.1, 0.15) is 37.7 Å². The highest BCUT2D eigenvalue weighted by atomic mass is 16.5. The summed E-state index contributed by atoms with van der Waals surface area (Å²) in [6, 6.07) is 7.28. The van der Waals surface area contributed by atoms with Crippen LogP contribution in [-0.2, 0) is 4.79 Å². The molecule has 3 rings (SSSR count). The third-order valence-electron chi connectivity index (χ3n) is 4.54. The maximum atomic E-state index is 12.5. The van der Waals surface area contributed by atoms with Crippen molar-refractivity contribution in [3.63, 3.8) is 0 Å². The number of methoxy groups -OCH3 is 1. The average molecular weight is 310 g/mol. The fourth-order valence-corrected chi connectivity index (χ4v) is 3.42. The Hall–Kier alpha value is -2.61. The first-order chi connectivity index (χ1) is 11.1. The molecule has 0 saturated carbocycles. The number of aliphatic imine (C=N–C) groups is 1. The minimum Gasteiger partial charge on any atom is -0.504 e. The van der Waals surface area contributed by atoms with Gasteiger partial charge in [-0.3, -0.25) is 9.79 Å². The number of phenolic OH excluding ortho intramolecular Hbond substituents is 1. The van der Waals surface area contributed by atoms with Gasteiger partial charge in [-0.15, -0.1) is 0 Å². The maximum absolute atomic E-state index is 12.5. The number of aromatic hydroxyl groups is 1. The van der Waals surface area contributed by atoms with Gasteiger partial charge < -0.3 is 9.84 Å². The summed E-state index contributed by atoms with van der Waals surface area (Å²) in [7, 11) is 1.48. The summed E-state index contributed by atoms with van der Waals surface area (Å²) in [4.78, 5) is 17.0. The number of allylic oxidation sites excluding steroid dienone is 2. The second-order valence-electron chi connectivity index (χ2n) is 5.91. The van der Waals surface area contributed by atoms with E-state index in [4.69, 9.17) is 4.74 Å². The average Bonchev–Trinajstić information content (AvgIpc) is 2.54. The lowest BCUT2D eigenvalue weighted by atomic mass is 9.72. The van der Waals surface area contributed by atoms with Crippen LogP contribution in [0.2, 0.25) is 0 Å². The molecule has 1 aromatic carbocycles. The molecular formula is C18H18N2O3. The quantitative estimate of drug-likeness (QED) is 0.910. The number of phenols is 1. The molecule has 0 saturated heterocycles. The summed E-state index contributed by atoms with van der Waals surface area (Å²) >= 11 is 0. The van der Waals surface area contributed by atoms with E-state index in [1.165, 1.54) is 13.2 Å². The molecule has 1 unspecified atom stereocenters. The van der Waals surface area contributed by atoms with E-state index < -0.39 is 5.92 Å². The van der Waals surface area contributed by atoms with Gasteiger partial charge in [0.25, 0.3) is 0 Å². The van der Waals surface area contributed by atoms with Crippen molar-refractivity contribution in [1.29, 1.82) is 5.26 Å². The fraction of sp³-hybridized carbons (Fsp3) is 0.389. The Morgan fingerprint density at radius 3 is 2.87 bits per heavy atom. The zero-order valence-corrected chi connectivity index (χ0v) is 13.2. The van der Waals surface area contributed by atoms with Crippen molar-refractivity contribution in [2.24, 2.45) is 10.9 Å². The number of hydrogen-bond acceptors (Lipinski definition) is 5. The zero-order chi connectivity index (χ0) is 16.6. The van der Waals surface area contributed by atoms with Gasteiger partial charge in [-0.2, -0.15) is 5.26 Å². The minimum absolute atomic E-state index is 0.0372. The number of ketones is 1. The number of hydrogen-bond donors (Lipinski definition) is 1. The van der Waals surface area contributed by atoms with Gasteiger partial charge in [-0.25, -0.2) is 0 Å². The molecule has 23 heavy (non-hydrogen) atoms. The van der Waals surface area contributed by atoms with Gasteiger partial charge in [0.15, 0.2) is 17.3 Å². The number of carbonyl (C=O) groups is 1. The van der Waals surface area contributed by atoms with Crippen molar-refractivity contribution in [3.05, 3.63) is 35.0 Å². The molecule has 118 valence electrons. The topological polar surface area (TPSA) is 82.7 Å². The predicted molar refractivity (Wildman–Crippen MR) is 85.5 cm³/mol. The van der Waals surface area contributed by atoms with Crippen molar-refractivity contribution < 1.29 is 14.6 Å². The molecular weight excluding hydrogens is 292 g/mol. The molecule has 5 nitrogen and oxygen atoms in total. The number of Topliss-reactive ketones (excluding diaryl/α,β-unsaturated/α-hetero) is 1. The Labute approximate surface area is 134 Å². The van der Waals surface area contributed by atoms with Crippen LogP contribution in [0.5, 0.6) is 11.5 Å². The Morgan fingerprint density at radius 1 is 1.39 bits per heavy atom. The van der Waals surface area contributed by atoms with E-state index in [0.29, 0.717) is 17.7 Å². The lowest BCUT2D eigenvalue weighted by molar-refractivity contribution is -0.116. The fourth-order valence-electron chi connectivity index (χ4n) is 3.42. The first-order valence-electron chi connectivity index (χ1n) is 7.64. The van der Waals surface area contributed by atoms with Crippen LogP contribution in [0.15, 0.2) is 34.5 Å². The van der Waals surface area contributed by atoms with Gasteiger partial charge in [0.2, 0.25) is 0 Å². The molecule has 0 fully saturated rings. The molecule has 1 heterocycles. The number of nitrogens with zero attached hydrogens (tertiary/aromatic N) is 2. The van der Waals surface area contributed by atoms with Crippen molar-refractivity contribution in [3.8, 4) is 17.6 Å². The van der Waals surface area contributed by atoms with Crippen LogP contribution in [0.4, 0.5) is 0 Å². The lowest BCUT2D eigenvalue weighted by Gasteiger charge is -2.32. The van der Waals surface area contributed by atoms with E-state index in [1.54, 1.807) is 12.1 Å². The van der Waals surface area contributed by atoms with Crippen LogP contribution < -0.4 is 4.74 Å². The molecule has 0 radical (unpaired) electrons. The van der Waals surface area contributed by atoms with Crippen molar-refractivity contribution in [1.82, 2.24) is 0 Å². The monoisotopic (exact) mass is 310 g/mol. The molecule has 1 aliphatic heterocycles. The van der Waals surface area contributed by atoms with Crippen molar-refractivity contribution in [2.75, 3.05) is 7.11 Å². The van der Waals surface area contributed by atoms with Gasteiger partial charge >= 0.3 is 0 Å². The molecule has 2 aliphatic rings. The molecule has 0 aromatic heterocycles. The molecule has 1 aliphatic carbocycles. The van der Waals surface area contributed by atoms with Gasteiger partial charge in [0, 0.05) is 29.3 Å². The highest BCUT2D eigenvalue weighted by Crippen LogP contribution is 2.44. The van der Waals surface area contributed by atoms with Crippen molar-refractivity contribution in [2.45, 2.75) is 32.1 Å². The van der Waals surface area contributed by atoms with Crippen LogP contribution in [0.3, 0.4) is 0 Å². The van der Waals surface area contributed by atoms with E-state index in [1.807, 2.05) is 6.92 Å². The lowest BCUT2D eigenvalue weighted by Crippen LogP contribution is -2.30. The predicted octanol–water partition coefficient (Wildman–Crippen LogP) is 3.11. The highest BCUT2D eigenvalue weighted by molar-refractivity contribution is 6.02. The van der Waals surface area contributed by atoms with Crippen molar-refractivity contribution >= 4 is 11.5 Å². The van der Waals surface area contributed by atoms with Crippen LogP contribution in [0.25, 0.3) is 0 Å². The molecule has 1 N–H and O–H groups in total. The normalized spacial score (nSPS) is 23.9. The molecule has 0 amide bonds. The Morgan fingerprint density at radius 2 is 2.17 bits per heavy atom. The van der Waals surface area contributed by atoms with Gasteiger partial charge in [-0.1, -0.05) is 6.07 Å². The van der Waals surface area contributed by atoms with Gasteiger partial charge in [0.05, 0.1) is 19.1 Å². The Bertz CT molecular complexity index is 771. The van der Waals surface area contributed by atoms with E-state index >= 15 is 0 Å². The van der Waals surface area contributed by atoms with E-state index in [2.05, 4.69) is 11.1 Å². The third kappa shape index (κ3) is 2.50. The minimum atomic E-state index is -0.481. The SMILES string of the molecule is COc1cc([C@@H]2C3=C(CCCC3=O)N=C(C)C2C#N)ccc1O. The number of carbonyl (C=O) groups excluding carboxylic acids is 1. The second-order valence-corrected chi connectivity index (χ2v) is 5.91. The molecule has 0 spiro atoms. The first kappa shape index (κ1) is 15.3. The van der Waals surface area contributed by atoms with Crippen LogP contribution in [0, 0.1) is 17.2 Å². The summed E-state index contributed by atoms with van der Waals surface area (Å²) in [6.45, 7) is 1.83. The maximum Gasteiger partial charge on any atom is 0.161 e. The zero-order valence-electron chi connectivity index (χ0n) is 13.2. The number of benzene rings is 1. The Balaban J connectivity index is 2.18. The second kappa shape index (κ2) is 5.88. The molecule has 1 aromatic rings. The highest BCUT2D eigenvalue weighted by Gasteiger charge is 2.39. The molecule has 2 atom stereocenters. The summed E-state index contributed by atoms with van der Waals surface area (Å²) in [5, 5.41) is 19.4. The number of nitriles is 1. The number of ether oxygens (including phenoxy) is 1. The van der Waals surface area contributed by atoms with Crippen LogP contribution >= 0.6 is 0 Å². The largest absolute Gasteiger partial charge is 0.504 e. The summed E-state index contributed by atoms with van der Waals surface area (Å²) in [6.07, 6.45) is 2.07. The number of rotatable bonds is 2. The van der Waals surface area contributed by atoms with Gasteiger partial charge in [0.1, 0.15) is 0 Å². The van der Waals surface area contributed by atoms with E-state index in [-0.39, 0.29) is 17.5 Å². The van der Waals surface area contributed by atoms with E-state index in [0.717, 1.165) is 29.8 Å². The smallest absolute Gasteiger partial charge is 0.161 e. The van der Waals surface area contributed by atoms with Crippen LogP contribution in [-0.4, -0.2) is 23.7 Å². The standard InChI is InChI=1S/C18H18N2O3/c1-10-12(9-19)17(11-6-7-14(21)16(8-11)23-2)18-13(20-10)4-3-5-15(18)22/h6-8,12,17,21H,3-5H2,1-2H3/t12?,17-/m0/s1. The third-order valence-corrected chi connectivity index (χ3v) is 4.54. The Kier molecular flexibility index (Phi) is 3.91. The summed E-state index contributed by atoms with van der Waals surface area (Å²) < 4.78 is 5.17. The van der Waals surface area contributed by atoms with Gasteiger partial charge in [-0.05, 0) is 37.5 Å². The summed E-state index contributed by atoms with van der Waals surface area (Å²) in [5.41, 5.74) is 2.99. The summed E-state index contributed by atoms with van der Waals surface area (Å²) in [5.74, 6) is -0.389.